The third-order valence-electron chi connectivity index (χ3n) is 4.13. The van der Waals surface area contributed by atoms with Gasteiger partial charge in [0.2, 0.25) is 0 Å². The molecule has 0 aliphatic carbocycles. The number of nitrogens with one attached hydrogen (secondary N) is 3. The highest BCUT2D eigenvalue weighted by Crippen LogP contribution is 2.27. The number of anilines is 2. The van der Waals surface area contributed by atoms with Crippen molar-refractivity contribution in [3.8, 4) is 11.5 Å². The second-order valence-electron chi connectivity index (χ2n) is 6.59. The van der Waals surface area contributed by atoms with Gasteiger partial charge in [-0.15, -0.1) is 0 Å². The molecule has 3 rings (SSSR count). The second kappa shape index (κ2) is 9.22. The molecule has 0 unspecified atom stereocenters. The van der Waals surface area contributed by atoms with Crippen molar-refractivity contribution in [2.45, 2.75) is 13.8 Å². The number of aryl methyl sites for hydroxylation is 3. The minimum Gasteiger partial charge on any atom is -0.465 e. The Morgan fingerprint density at radius 3 is 2.45 bits per heavy atom. The van der Waals surface area contributed by atoms with Gasteiger partial charge in [0.15, 0.2) is 5.11 Å². The molecule has 0 spiro atoms. The number of nitrogens with zero attached hydrogens (tertiary/aromatic N) is 3. The lowest BCUT2D eigenvalue weighted by Gasteiger charge is -2.12. The zero-order valence-electron chi connectivity index (χ0n) is 17.0. The van der Waals surface area contributed by atoms with E-state index in [4.69, 9.17) is 22.1 Å². The van der Waals surface area contributed by atoms with Gasteiger partial charge in [0, 0.05) is 18.8 Å². The predicted molar refractivity (Wildman–Crippen MR) is 119 cm³/mol. The lowest BCUT2D eigenvalue weighted by molar-refractivity contribution is 0.101. The van der Waals surface area contributed by atoms with Gasteiger partial charge in [-0.1, -0.05) is 6.07 Å². The number of pyridine rings is 1. The summed E-state index contributed by atoms with van der Waals surface area (Å²) in [6.07, 6.45) is 0.195. The molecule has 2 heterocycles. The number of hydrogen-bond acceptors (Lipinski definition) is 6. The fraction of sp³-hybridized carbons (Fsp3) is 0.150. The Balaban J connectivity index is 1.69. The average molecular weight is 440 g/mol. The fourth-order valence-corrected chi connectivity index (χ4v) is 2.90. The van der Waals surface area contributed by atoms with Crippen LogP contribution in [0.2, 0.25) is 0 Å². The van der Waals surface area contributed by atoms with E-state index in [1.807, 2.05) is 25.2 Å². The summed E-state index contributed by atoms with van der Waals surface area (Å²) in [6.45, 7) is 3.70. The maximum atomic E-state index is 12.6. The smallest absolute Gasteiger partial charge is 0.410 e. The van der Waals surface area contributed by atoms with Crippen LogP contribution < -0.4 is 20.7 Å². The van der Waals surface area contributed by atoms with E-state index in [1.165, 1.54) is 10.9 Å². The van der Waals surface area contributed by atoms with Gasteiger partial charge in [-0.3, -0.25) is 14.8 Å². The van der Waals surface area contributed by atoms with Crippen LogP contribution in [0.1, 0.15) is 21.7 Å². The first kappa shape index (κ1) is 21.7. The van der Waals surface area contributed by atoms with Crippen LogP contribution in [-0.4, -0.2) is 37.0 Å². The second-order valence-corrected chi connectivity index (χ2v) is 7.00. The molecule has 10 nitrogen and oxygen atoms in total. The van der Waals surface area contributed by atoms with Crippen molar-refractivity contribution < 1.29 is 19.4 Å². The number of amides is 2. The van der Waals surface area contributed by atoms with E-state index in [2.05, 4.69) is 20.7 Å². The monoisotopic (exact) mass is 440 g/mol. The summed E-state index contributed by atoms with van der Waals surface area (Å²) in [5, 5.41) is 20.3. The summed E-state index contributed by atoms with van der Waals surface area (Å²) in [4.78, 5) is 27.3. The van der Waals surface area contributed by atoms with E-state index >= 15 is 0 Å². The molecule has 0 aliphatic rings. The van der Waals surface area contributed by atoms with E-state index in [-0.39, 0.29) is 11.0 Å². The Labute approximate surface area is 183 Å². The third kappa shape index (κ3) is 5.76. The normalized spacial score (nSPS) is 10.3. The molecule has 31 heavy (non-hydrogen) atoms. The Hall–Kier alpha value is -3.99. The van der Waals surface area contributed by atoms with Gasteiger partial charge < -0.3 is 20.5 Å². The van der Waals surface area contributed by atoms with Crippen molar-refractivity contribution in [2.24, 2.45) is 7.05 Å². The van der Waals surface area contributed by atoms with Gasteiger partial charge in [0.1, 0.15) is 23.0 Å². The van der Waals surface area contributed by atoms with Crippen LogP contribution >= 0.6 is 12.2 Å². The van der Waals surface area contributed by atoms with E-state index in [1.54, 1.807) is 37.4 Å². The van der Waals surface area contributed by atoms with Gasteiger partial charge in [0.25, 0.3) is 5.91 Å². The standard InChI is InChI=1S/C20H20N6O4S/c1-11-4-5-13(9-15(11)22-18(27)16-8-12(2)25-26(16)3)30-14-6-7-17(21-10-14)23-19(31)24-20(28)29/h4-10H,1-3H3,(H,22,27)(H,28,29)(H2,21,23,24,31). The van der Waals surface area contributed by atoms with Crippen LogP contribution in [0.25, 0.3) is 0 Å². The van der Waals surface area contributed by atoms with Crippen LogP contribution in [0.4, 0.5) is 16.3 Å². The number of aromatic nitrogens is 3. The van der Waals surface area contributed by atoms with Crippen LogP contribution in [0.15, 0.2) is 42.6 Å². The van der Waals surface area contributed by atoms with Crippen molar-refractivity contribution in [1.29, 1.82) is 0 Å². The molecule has 160 valence electrons. The van der Waals surface area contributed by atoms with Crippen LogP contribution in [0.3, 0.4) is 0 Å². The van der Waals surface area contributed by atoms with Crippen molar-refractivity contribution >= 4 is 40.8 Å². The highest BCUT2D eigenvalue weighted by Gasteiger charge is 2.14. The van der Waals surface area contributed by atoms with Gasteiger partial charge in [-0.05, 0) is 55.9 Å². The molecular formula is C20H20N6O4S. The quantitative estimate of drug-likeness (QED) is 0.444. The van der Waals surface area contributed by atoms with E-state index in [0.29, 0.717) is 28.7 Å². The molecule has 0 fully saturated rings. The first-order valence-corrected chi connectivity index (χ1v) is 9.49. The maximum absolute atomic E-state index is 12.6. The number of benzene rings is 1. The van der Waals surface area contributed by atoms with Gasteiger partial charge in [-0.25, -0.2) is 9.78 Å². The third-order valence-corrected chi connectivity index (χ3v) is 4.33. The van der Waals surface area contributed by atoms with Gasteiger partial charge in [-0.2, -0.15) is 5.10 Å². The molecule has 11 heteroatoms. The number of carbonyl (C=O) groups excluding carboxylic acids is 1. The number of hydrogen-bond donors (Lipinski definition) is 4. The van der Waals surface area contributed by atoms with Crippen molar-refractivity contribution in [3.63, 3.8) is 0 Å². The molecule has 4 N–H and O–H groups in total. The zero-order chi connectivity index (χ0) is 22.5. The fourth-order valence-electron chi connectivity index (χ4n) is 2.70. The SMILES string of the molecule is Cc1cc(C(=O)Nc2cc(Oc3ccc(NC(=S)NC(=O)O)nc3)ccc2C)n(C)n1. The van der Waals surface area contributed by atoms with E-state index < -0.39 is 6.09 Å². The summed E-state index contributed by atoms with van der Waals surface area (Å²) in [5.41, 5.74) is 2.69. The highest BCUT2D eigenvalue weighted by atomic mass is 32.1. The highest BCUT2D eigenvalue weighted by molar-refractivity contribution is 7.80. The first-order valence-electron chi connectivity index (χ1n) is 9.09. The topological polar surface area (TPSA) is 130 Å². The van der Waals surface area contributed by atoms with Crippen LogP contribution in [0.5, 0.6) is 11.5 Å². The number of carboxylic acid groups (broad SMARTS) is 1. The molecular weight excluding hydrogens is 420 g/mol. The van der Waals surface area contributed by atoms with Crippen LogP contribution in [0, 0.1) is 13.8 Å². The van der Waals surface area contributed by atoms with E-state index in [0.717, 1.165) is 11.3 Å². The van der Waals surface area contributed by atoms with Crippen LogP contribution in [-0.2, 0) is 7.05 Å². The molecule has 2 aromatic heterocycles. The van der Waals surface area contributed by atoms with Crippen molar-refractivity contribution in [1.82, 2.24) is 20.1 Å². The number of ether oxygens (including phenoxy) is 1. The molecule has 0 saturated carbocycles. The average Bonchev–Trinajstić information content (AvgIpc) is 3.03. The molecule has 3 aromatic rings. The Kier molecular flexibility index (Phi) is 6.46. The molecule has 0 atom stereocenters. The van der Waals surface area contributed by atoms with E-state index in [9.17, 15) is 9.59 Å². The summed E-state index contributed by atoms with van der Waals surface area (Å²) in [6, 6.07) is 10.3. The molecule has 1 aromatic carbocycles. The summed E-state index contributed by atoms with van der Waals surface area (Å²) < 4.78 is 7.34. The Morgan fingerprint density at radius 1 is 1.10 bits per heavy atom. The molecule has 0 bridgehead atoms. The zero-order valence-corrected chi connectivity index (χ0v) is 17.8. The summed E-state index contributed by atoms with van der Waals surface area (Å²) in [5.74, 6) is 1.04. The lowest BCUT2D eigenvalue weighted by Crippen LogP contribution is -2.32. The van der Waals surface area contributed by atoms with Crippen molar-refractivity contribution in [3.05, 3.63) is 59.5 Å². The Morgan fingerprint density at radius 2 is 1.84 bits per heavy atom. The minimum atomic E-state index is -1.27. The number of thiocarbonyl (C=S) groups is 1. The maximum Gasteiger partial charge on any atom is 0.410 e. The molecule has 0 aliphatic heterocycles. The largest absolute Gasteiger partial charge is 0.465 e. The molecule has 0 saturated heterocycles. The summed E-state index contributed by atoms with van der Waals surface area (Å²) in [7, 11) is 1.71. The number of rotatable bonds is 5. The lowest BCUT2D eigenvalue weighted by atomic mass is 10.2. The minimum absolute atomic E-state index is 0.0868. The van der Waals surface area contributed by atoms with Crippen molar-refractivity contribution in [2.75, 3.05) is 10.6 Å². The number of carbonyl (C=O) groups is 2. The molecule has 0 radical (unpaired) electrons. The first-order chi connectivity index (χ1) is 14.7. The van der Waals surface area contributed by atoms with Gasteiger partial charge in [0.05, 0.1) is 11.9 Å². The predicted octanol–water partition coefficient (Wildman–Crippen LogP) is 3.44. The molecule has 2 amide bonds. The van der Waals surface area contributed by atoms with Gasteiger partial charge >= 0.3 is 6.09 Å². The Bertz CT molecular complexity index is 1140. The summed E-state index contributed by atoms with van der Waals surface area (Å²) >= 11 is 4.84.